The van der Waals surface area contributed by atoms with E-state index in [1.807, 2.05) is 32.0 Å². The number of hydrogen-bond acceptors (Lipinski definition) is 5. The molecule has 0 radical (unpaired) electrons. The standard InChI is InChI=1S/C35H35NO4/c1-34(2)39-31-30(38-33(32(31)40-34)36-23-22-25-14-12-13-21-29(25)36)24-37-35(26-15-6-3-7-16-26,27-17-8-4-9-18-27)28-19-10-5-11-20-28/h3-21,30-33H,22-24H2,1-2H3/t30-,31-,32-,33+/m1/s1. The van der Waals surface area contributed by atoms with Gasteiger partial charge in [-0.1, -0.05) is 109 Å². The van der Waals surface area contributed by atoms with Gasteiger partial charge in [-0.05, 0) is 48.6 Å². The average Bonchev–Trinajstić information content (AvgIpc) is 3.66. The maximum Gasteiger partial charge on any atom is 0.164 e. The van der Waals surface area contributed by atoms with Crippen molar-refractivity contribution < 1.29 is 18.9 Å². The van der Waals surface area contributed by atoms with Crippen LogP contribution in [0.2, 0.25) is 0 Å². The Bertz CT molecular complexity index is 1350. The lowest BCUT2D eigenvalue weighted by Crippen LogP contribution is -2.43. The molecular weight excluding hydrogens is 498 g/mol. The lowest BCUT2D eigenvalue weighted by Gasteiger charge is -2.37. The topological polar surface area (TPSA) is 40.2 Å². The Labute approximate surface area is 236 Å². The molecule has 40 heavy (non-hydrogen) atoms. The number of fused-ring (bicyclic) bond motifs is 2. The molecule has 0 amide bonds. The van der Waals surface area contributed by atoms with Crippen molar-refractivity contribution in [3.05, 3.63) is 138 Å². The second-order valence-corrected chi connectivity index (χ2v) is 11.3. The van der Waals surface area contributed by atoms with Gasteiger partial charge in [0.15, 0.2) is 12.0 Å². The van der Waals surface area contributed by atoms with Crippen LogP contribution in [0.4, 0.5) is 5.69 Å². The molecule has 0 aromatic heterocycles. The molecule has 0 spiro atoms. The molecule has 3 heterocycles. The lowest BCUT2D eigenvalue weighted by molar-refractivity contribution is -0.195. The molecule has 4 aromatic carbocycles. The predicted molar refractivity (Wildman–Crippen MR) is 155 cm³/mol. The second-order valence-electron chi connectivity index (χ2n) is 11.3. The van der Waals surface area contributed by atoms with E-state index in [0.717, 1.165) is 29.7 Å². The van der Waals surface area contributed by atoms with Crippen molar-refractivity contribution in [3.63, 3.8) is 0 Å². The Balaban J connectivity index is 1.26. The van der Waals surface area contributed by atoms with E-state index in [9.17, 15) is 0 Å². The van der Waals surface area contributed by atoms with Crippen LogP contribution in [0.25, 0.3) is 0 Å². The van der Waals surface area contributed by atoms with Gasteiger partial charge in [0.1, 0.15) is 23.9 Å². The fraction of sp³-hybridized carbons (Fsp3) is 0.314. The molecule has 2 saturated heterocycles. The number of nitrogens with zero attached hydrogens (tertiary/aromatic N) is 1. The minimum Gasteiger partial charge on any atom is -0.358 e. The highest BCUT2D eigenvalue weighted by atomic mass is 16.8. The van der Waals surface area contributed by atoms with Gasteiger partial charge in [0, 0.05) is 12.2 Å². The number of rotatable bonds is 7. The summed E-state index contributed by atoms with van der Waals surface area (Å²) in [6.07, 6.45) is -0.0106. The zero-order valence-corrected chi connectivity index (χ0v) is 23.0. The summed E-state index contributed by atoms with van der Waals surface area (Å²) < 4.78 is 26.9. The highest BCUT2D eigenvalue weighted by molar-refractivity contribution is 5.58. The van der Waals surface area contributed by atoms with Gasteiger partial charge in [-0.25, -0.2) is 0 Å². The normalized spacial score (nSPS) is 25.1. The van der Waals surface area contributed by atoms with Crippen LogP contribution < -0.4 is 4.90 Å². The van der Waals surface area contributed by atoms with E-state index in [1.54, 1.807) is 0 Å². The van der Waals surface area contributed by atoms with Gasteiger partial charge in [-0.3, -0.25) is 0 Å². The van der Waals surface area contributed by atoms with Crippen LogP contribution >= 0.6 is 0 Å². The molecule has 204 valence electrons. The summed E-state index contributed by atoms with van der Waals surface area (Å²) in [6.45, 7) is 5.21. The van der Waals surface area contributed by atoms with Gasteiger partial charge in [-0.2, -0.15) is 0 Å². The Morgan fingerprint density at radius 1 is 0.725 bits per heavy atom. The van der Waals surface area contributed by atoms with Crippen molar-refractivity contribution in [1.29, 1.82) is 0 Å². The Morgan fingerprint density at radius 2 is 1.25 bits per heavy atom. The number of para-hydroxylation sites is 1. The fourth-order valence-electron chi connectivity index (χ4n) is 6.65. The van der Waals surface area contributed by atoms with E-state index >= 15 is 0 Å². The first-order chi connectivity index (χ1) is 19.6. The fourth-order valence-corrected chi connectivity index (χ4v) is 6.65. The van der Waals surface area contributed by atoms with E-state index in [-0.39, 0.29) is 24.5 Å². The van der Waals surface area contributed by atoms with Crippen molar-refractivity contribution in [2.75, 3.05) is 18.1 Å². The molecule has 0 bridgehead atoms. The SMILES string of the molecule is CC1(C)O[C@@H]2[C@H](O1)[C@@H](COC(c1ccccc1)(c1ccccc1)c1ccccc1)O[C@@H]2N1CCc2ccccc21. The van der Waals surface area contributed by atoms with Crippen LogP contribution in [0.5, 0.6) is 0 Å². The van der Waals surface area contributed by atoms with E-state index in [1.165, 1.54) is 11.3 Å². The maximum atomic E-state index is 7.15. The van der Waals surface area contributed by atoms with Crippen LogP contribution in [0.15, 0.2) is 115 Å². The second kappa shape index (κ2) is 10.2. The summed E-state index contributed by atoms with van der Waals surface area (Å²) in [4.78, 5) is 2.34. The van der Waals surface area contributed by atoms with E-state index in [0.29, 0.717) is 6.61 Å². The first-order valence-electron chi connectivity index (χ1n) is 14.2. The number of ether oxygens (including phenoxy) is 4. The smallest absolute Gasteiger partial charge is 0.164 e. The minimum absolute atomic E-state index is 0.214. The third-order valence-electron chi connectivity index (χ3n) is 8.36. The third-order valence-corrected chi connectivity index (χ3v) is 8.36. The van der Waals surface area contributed by atoms with Crippen molar-refractivity contribution in [2.24, 2.45) is 0 Å². The third kappa shape index (κ3) is 4.34. The summed E-state index contributed by atoms with van der Waals surface area (Å²) in [6, 6.07) is 39.9. The predicted octanol–water partition coefficient (Wildman–Crippen LogP) is 6.30. The molecular formula is C35H35NO4. The molecule has 0 aliphatic carbocycles. The maximum absolute atomic E-state index is 7.15. The molecule has 4 aromatic rings. The molecule has 5 heteroatoms. The summed E-state index contributed by atoms with van der Waals surface area (Å²) in [5.74, 6) is -0.690. The Hall–Kier alpha value is -3.48. The molecule has 0 unspecified atom stereocenters. The molecule has 4 atom stereocenters. The van der Waals surface area contributed by atoms with E-state index in [2.05, 4.69) is 102 Å². The molecule has 3 aliphatic rings. The minimum atomic E-state index is -0.823. The number of anilines is 1. The Morgan fingerprint density at radius 3 is 1.85 bits per heavy atom. The van der Waals surface area contributed by atoms with Crippen LogP contribution in [0.3, 0.4) is 0 Å². The van der Waals surface area contributed by atoms with Crippen molar-refractivity contribution >= 4 is 5.69 Å². The summed E-state index contributed by atoms with van der Waals surface area (Å²) in [5.41, 5.74) is 4.93. The van der Waals surface area contributed by atoms with Crippen molar-refractivity contribution in [3.8, 4) is 0 Å². The first kappa shape index (κ1) is 25.5. The van der Waals surface area contributed by atoms with Gasteiger partial charge in [0.2, 0.25) is 0 Å². The molecule has 0 N–H and O–H groups in total. The molecule has 5 nitrogen and oxygen atoms in total. The van der Waals surface area contributed by atoms with Gasteiger partial charge < -0.3 is 23.8 Å². The first-order valence-corrected chi connectivity index (χ1v) is 14.2. The van der Waals surface area contributed by atoms with Crippen LogP contribution in [-0.2, 0) is 31.0 Å². The van der Waals surface area contributed by atoms with Crippen LogP contribution in [0, 0.1) is 0 Å². The van der Waals surface area contributed by atoms with Crippen LogP contribution in [0.1, 0.15) is 36.1 Å². The highest BCUT2D eigenvalue weighted by Crippen LogP contribution is 2.45. The van der Waals surface area contributed by atoms with Crippen LogP contribution in [-0.4, -0.2) is 43.5 Å². The zero-order valence-electron chi connectivity index (χ0n) is 23.0. The van der Waals surface area contributed by atoms with Gasteiger partial charge in [-0.15, -0.1) is 0 Å². The van der Waals surface area contributed by atoms with Crippen molar-refractivity contribution in [1.82, 2.24) is 0 Å². The molecule has 0 saturated carbocycles. The van der Waals surface area contributed by atoms with E-state index in [4.69, 9.17) is 18.9 Å². The summed E-state index contributed by atoms with van der Waals surface area (Å²) in [5, 5.41) is 0. The van der Waals surface area contributed by atoms with Gasteiger partial charge >= 0.3 is 0 Å². The zero-order chi connectivity index (χ0) is 27.2. The quantitative estimate of drug-likeness (QED) is 0.261. The highest BCUT2D eigenvalue weighted by Gasteiger charge is 2.58. The summed E-state index contributed by atoms with van der Waals surface area (Å²) >= 11 is 0. The number of hydrogen-bond donors (Lipinski definition) is 0. The van der Waals surface area contributed by atoms with Gasteiger partial charge in [0.05, 0.1) is 6.61 Å². The lowest BCUT2D eigenvalue weighted by atomic mass is 9.80. The monoisotopic (exact) mass is 533 g/mol. The largest absolute Gasteiger partial charge is 0.358 e. The number of benzene rings is 4. The van der Waals surface area contributed by atoms with E-state index < -0.39 is 11.4 Å². The average molecular weight is 534 g/mol. The van der Waals surface area contributed by atoms with Gasteiger partial charge in [0.25, 0.3) is 0 Å². The molecule has 3 aliphatic heterocycles. The molecule has 7 rings (SSSR count). The molecule has 2 fully saturated rings. The Kier molecular flexibility index (Phi) is 6.48. The summed E-state index contributed by atoms with van der Waals surface area (Å²) in [7, 11) is 0. The van der Waals surface area contributed by atoms with Crippen molar-refractivity contribution in [2.45, 2.75) is 56.2 Å².